The molecule has 2 rings (SSSR count). The van der Waals surface area contributed by atoms with E-state index in [9.17, 15) is 0 Å². The highest BCUT2D eigenvalue weighted by atomic mass is 16.4. The summed E-state index contributed by atoms with van der Waals surface area (Å²) < 4.78 is 5.55. The van der Waals surface area contributed by atoms with Crippen molar-refractivity contribution in [2.75, 3.05) is 0 Å². The van der Waals surface area contributed by atoms with Crippen LogP contribution < -0.4 is 5.73 Å². The maximum atomic E-state index is 5.71. The van der Waals surface area contributed by atoms with Gasteiger partial charge in [0.05, 0.1) is 12.2 Å². The standard InChI is InChI=1S/C13H16N2O/c1-9-4-3-5-11(6-9)7-13-15-8-12(16-13)10(2)14/h3-6,8,10H,7,14H2,1-2H3. The highest BCUT2D eigenvalue weighted by molar-refractivity contribution is 5.24. The van der Waals surface area contributed by atoms with E-state index in [0.717, 1.165) is 11.7 Å². The van der Waals surface area contributed by atoms with Crippen molar-refractivity contribution in [3.63, 3.8) is 0 Å². The Balaban J connectivity index is 2.14. The number of benzene rings is 1. The van der Waals surface area contributed by atoms with Crippen LogP contribution in [-0.2, 0) is 6.42 Å². The number of aryl methyl sites for hydroxylation is 1. The van der Waals surface area contributed by atoms with Gasteiger partial charge in [0, 0.05) is 6.42 Å². The van der Waals surface area contributed by atoms with Crippen LogP contribution in [0.2, 0.25) is 0 Å². The van der Waals surface area contributed by atoms with Gasteiger partial charge in [-0.1, -0.05) is 29.8 Å². The normalized spacial score (nSPS) is 12.7. The largest absolute Gasteiger partial charge is 0.444 e. The van der Waals surface area contributed by atoms with Crippen LogP contribution in [0.1, 0.15) is 35.7 Å². The van der Waals surface area contributed by atoms with Gasteiger partial charge in [0.15, 0.2) is 5.89 Å². The molecule has 0 aliphatic carbocycles. The van der Waals surface area contributed by atoms with E-state index in [1.165, 1.54) is 11.1 Å². The first kappa shape index (κ1) is 10.9. The van der Waals surface area contributed by atoms with Crippen molar-refractivity contribution in [3.05, 3.63) is 53.2 Å². The number of hydrogen-bond donors (Lipinski definition) is 1. The molecule has 2 N–H and O–H groups in total. The van der Waals surface area contributed by atoms with Crippen LogP contribution in [0.3, 0.4) is 0 Å². The Bertz CT molecular complexity index is 474. The Kier molecular flexibility index (Phi) is 3.06. The maximum Gasteiger partial charge on any atom is 0.198 e. The summed E-state index contributed by atoms with van der Waals surface area (Å²) in [6, 6.07) is 8.23. The van der Waals surface area contributed by atoms with Gasteiger partial charge >= 0.3 is 0 Å². The van der Waals surface area contributed by atoms with E-state index >= 15 is 0 Å². The van der Waals surface area contributed by atoms with E-state index in [1.807, 2.05) is 13.0 Å². The third kappa shape index (κ3) is 2.49. The quantitative estimate of drug-likeness (QED) is 0.858. The number of hydrogen-bond acceptors (Lipinski definition) is 3. The molecular formula is C13H16N2O. The van der Waals surface area contributed by atoms with E-state index in [2.05, 4.69) is 30.1 Å². The van der Waals surface area contributed by atoms with Crippen LogP contribution in [0.5, 0.6) is 0 Å². The SMILES string of the molecule is Cc1cccc(Cc2ncc(C(C)N)o2)c1. The lowest BCUT2D eigenvalue weighted by Crippen LogP contribution is -2.02. The van der Waals surface area contributed by atoms with E-state index in [-0.39, 0.29) is 6.04 Å². The minimum Gasteiger partial charge on any atom is -0.444 e. The summed E-state index contributed by atoms with van der Waals surface area (Å²) in [6.07, 6.45) is 2.42. The number of aromatic nitrogens is 1. The van der Waals surface area contributed by atoms with Gasteiger partial charge in [-0.2, -0.15) is 0 Å². The third-order valence-electron chi connectivity index (χ3n) is 2.46. The molecule has 84 valence electrons. The summed E-state index contributed by atoms with van der Waals surface area (Å²) in [7, 11) is 0. The second-order valence-electron chi connectivity index (χ2n) is 4.11. The van der Waals surface area contributed by atoms with Gasteiger partial charge in [-0.05, 0) is 19.4 Å². The monoisotopic (exact) mass is 216 g/mol. The van der Waals surface area contributed by atoms with Crippen molar-refractivity contribution in [1.82, 2.24) is 4.98 Å². The minimum absolute atomic E-state index is 0.0984. The molecule has 2 aromatic rings. The maximum absolute atomic E-state index is 5.71. The molecule has 0 bridgehead atoms. The molecule has 1 aromatic heterocycles. The first-order chi connectivity index (χ1) is 7.65. The summed E-state index contributed by atoms with van der Waals surface area (Å²) in [5.41, 5.74) is 8.16. The van der Waals surface area contributed by atoms with Crippen LogP contribution >= 0.6 is 0 Å². The Morgan fingerprint density at radius 2 is 2.25 bits per heavy atom. The molecule has 0 amide bonds. The van der Waals surface area contributed by atoms with Gasteiger partial charge in [-0.3, -0.25) is 0 Å². The number of rotatable bonds is 3. The van der Waals surface area contributed by atoms with Gasteiger partial charge in [0.25, 0.3) is 0 Å². The lowest BCUT2D eigenvalue weighted by atomic mass is 10.1. The fraction of sp³-hybridized carbons (Fsp3) is 0.308. The first-order valence-electron chi connectivity index (χ1n) is 5.41. The van der Waals surface area contributed by atoms with Crippen molar-refractivity contribution in [1.29, 1.82) is 0 Å². The Hall–Kier alpha value is -1.61. The lowest BCUT2D eigenvalue weighted by Gasteiger charge is -2.00. The van der Waals surface area contributed by atoms with Gasteiger partial charge in [-0.25, -0.2) is 4.98 Å². The zero-order chi connectivity index (χ0) is 11.5. The molecule has 0 spiro atoms. The van der Waals surface area contributed by atoms with E-state index in [1.54, 1.807) is 6.20 Å². The minimum atomic E-state index is -0.0984. The molecule has 3 heteroatoms. The van der Waals surface area contributed by atoms with E-state index in [4.69, 9.17) is 10.2 Å². The van der Waals surface area contributed by atoms with Gasteiger partial charge < -0.3 is 10.2 Å². The molecular weight excluding hydrogens is 200 g/mol. The summed E-state index contributed by atoms with van der Waals surface area (Å²) in [6.45, 7) is 3.96. The van der Waals surface area contributed by atoms with Crippen molar-refractivity contribution < 1.29 is 4.42 Å². The van der Waals surface area contributed by atoms with Crippen molar-refractivity contribution in [2.45, 2.75) is 26.3 Å². The summed E-state index contributed by atoms with van der Waals surface area (Å²) in [4.78, 5) is 4.22. The van der Waals surface area contributed by atoms with Crippen molar-refractivity contribution in [2.24, 2.45) is 5.73 Å². The predicted octanol–water partition coefficient (Wildman–Crippen LogP) is 2.59. The van der Waals surface area contributed by atoms with Crippen LogP contribution in [-0.4, -0.2) is 4.98 Å². The summed E-state index contributed by atoms with van der Waals surface area (Å²) >= 11 is 0. The molecule has 1 atom stereocenters. The van der Waals surface area contributed by atoms with E-state index in [0.29, 0.717) is 6.42 Å². The molecule has 0 aliphatic heterocycles. The highest BCUT2D eigenvalue weighted by Crippen LogP contribution is 2.14. The number of nitrogens with two attached hydrogens (primary N) is 1. The van der Waals surface area contributed by atoms with Crippen molar-refractivity contribution >= 4 is 0 Å². The molecule has 0 saturated carbocycles. The highest BCUT2D eigenvalue weighted by Gasteiger charge is 2.08. The molecule has 16 heavy (non-hydrogen) atoms. The molecule has 0 radical (unpaired) electrons. The Morgan fingerprint density at radius 3 is 2.88 bits per heavy atom. The topological polar surface area (TPSA) is 52.0 Å². The van der Waals surface area contributed by atoms with Gasteiger partial charge in [0.1, 0.15) is 5.76 Å². The van der Waals surface area contributed by atoms with E-state index < -0.39 is 0 Å². The lowest BCUT2D eigenvalue weighted by molar-refractivity contribution is 0.441. The fourth-order valence-corrected chi connectivity index (χ4v) is 1.61. The molecule has 3 nitrogen and oxygen atoms in total. The van der Waals surface area contributed by atoms with Crippen LogP contribution in [0.25, 0.3) is 0 Å². The van der Waals surface area contributed by atoms with Crippen molar-refractivity contribution in [3.8, 4) is 0 Å². The average molecular weight is 216 g/mol. The van der Waals surface area contributed by atoms with Crippen LogP contribution in [0.4, 0.5) is 0 Å². The van der Waals surface area contributed by atoms with Gasteiger partial charge in [0.2, 0.25) is 0 Å². The zero-order valence-corrected chi connectivity index (χ0v) is 9.60. The average Bonchev–Trinajstić information content (AvgIpc) is 2.66. The first-order valence-corrected chi connectivity index (χ1v) is 5.41. The molecule has 0 aliphatic rings. The molecule has 0 fully saturated rings. The number of oxazole rings is 1. The van der Waals surface area contributed by atoms with Crippen LogP contribution in [0, 0.1) is 6.92 Å². The smallest absolute Gasteiger partial charge is 0.198 e. The zero-order valence-electron chi connectivity index (χ0n) is 9.60. The predicted molar refractivity (Wildman–Crippen MR) is 63.1 cm³/mol. The Morgan fingerprint density at radius 1 is 1.44 bits per heavy atom. The van der Waals surface area contributed by atoms with Crippen LogP contribution in [0.15, 0.2) is 34.9 Å². The third-order valence-corrected chi connectivity index (χ3v) is 2.46. The number of nitrogens with zero attached hydrogens (tertiary/aromatic N) is 1. The second-order valence-corrected chi connectivity index (χ2v) is 4.11. The Labute approximate surface area is 95.3 Å². The fourth-order valence-electron chi connectivity index (χ4n) is 1.61. The molecule has 1 heterocycles. The molecule has 0 saturated heterocycles. The molecule has 1 aromatic carbocycles. The summed E-state index contributed by atoms with van der Waals surface area (Å²) in [5, 5.41) is 0. The molecule has 1 unspecified atom stereocenters. The van der Waals surface area contributed by atoms with Gasteiger partial charge in [-0.15, -0.1) is 0 Å². The second kappa shape index (κ2) is 4.49. The summed E-state index contributed by atoms with van der Waals surface area (Å²) in [5.74, 6) is 1.46.